The molecule has 0 saturated heterocycles. The second-order valence-electron chi connectivity index (χ2n) is 15.5. The van der Waals surface area contributed by atoms with Crippen LogP contribution in [0.15, 0.2) is 64.2 Å². The third-order valence-corrected chi connectivity index (χ3v) is 10.1. The van der Waals surface area contributed by atoms with Gasteiger partial charge in [0.2, 0.25) is 0 Å². The SMILES string of the molecule is C=Cc1cccc(C2=NC3(CCC(C(C)(C)C)CC3)N(C(CCC(C)(C)C)C3=CC=C(C(=O)CCC4=NNNN4)CC3)C2=O)c1. The number of amides is 1. The maximum absolute atomic E-state index is 14.7. The van der Waals surface area contributed by atoms with Gasteiger partial charge in [-0.1, -0.05) is 84.5 Å². The Kier molecular flexibility index (Phi) is 9.54. The van der Waals surface area contributed by atoms with Crippen LogP contribution in [0.1, 0.15) is 117 Å². The highest BCUT2D eigenvalue weighted by atomic mass is 16.2. The molecule has 1 aromatic carbocycles. The molecular weight excluding hydrogens is 560 g/mol. The molecule has 242 valence electrons. The highest BCUT2D eigenvalue weighted by molar-refractivity contribution is 6.47. The number of hydrazone groups is 1. The first kappa shape index (κ1) is 32.9. The second-order valence-corrected chi connectivity index (χ2v) is 15.5. The van der Waals surface area contributed by atoms with Crippen LogP contribution in [0, 0.1) is 16.7 Å². The van der Waals surface area contributed by atoms with Crippen LogP contribution in [-0.2, 0) is 9.59 Å². The number of amidine groups is 1. The first-order valence-electron chi connectivity index (χ1n) is 16.7. The summed E-state index contributed by atoms with van der Waals surface area (Å²) in [6.45, 7) is 17.7. The van der Waals surface area contributed by atoms with Crippen molar-refractivity contribution in [3.8, 4) is 0 Å². The topological polar surface area (TPSA) is 98.2 Å². The van der Waals surface area contributed by atoms with Crippen molar-refractivity contribution in [3.05, 3.63) is 65.3 Å². The molecule has 2 heterocycles. The van der Waals surface area contributed by atoms with Gasteiger partial charge in [0.05, 0.1) is 6.04 Å². The standard InChI is InChI=1S/C37H52N6O2/c1-8-25-10-9-11-28(24-25)33-34(45)43(37(38-33)22-18-29(19-23-37)36(5,6)7)30(20-21-35(2,3)4)26-12-14-27(15-13-26)31(44)16-17-32-39-41-42-40-32/h8-12,14,24,29-30,41-42H,1,13,15-23H2,2-7H3,(H,39,40). The molecule has 2 aliphatic carbocycles. The number of nitrogens with zero attached hydrogens (tertiary/aromatic N) is 3. The lowest BCUT2D eigenvalue weighted by molar-refractivity contribution is -0.132. The van der Waals surface area contributed by atoms with Crippen molar-refractivity contribution in [2.45, 2.75) is 117 Å². The molecule has 45 heavy (non-hydrogen) atoms. The summed E-state index contributed by atoms with van der Waals surface area (Å²) in [6, 6.07) is 7.96. The molecule has 1 unspecified atom stereocenters. The molecule has 1 atom stereocenters. The van der Waals surface area contributed by atoms with E-state index >= 15 is 0 Å². The minimum absolute atomic E-state index is 0.0307. The molecular formula is C37H52N6O2. The highest BCUT2D eigenvalue weighted by Gasteiger charge is 2.53. The lowest BCUT2D eigenvalue weighted by atomic mass is 9.69. The smallest absolute Gasteiger partial charge is 0.275 e. The van der Waals surface area contributed by atoms with Gasteiger partial charge in [-0.05, 0) is 90.9 Å². The van der Waals surface area contributed by atoms with E-state index in [-0.39, 0.29) is 28.6 Å². The van der Waals surface area contributed by atoms with Crippen molar-refractivity contribution in [2.24, 2.45) is 26.8 Å². The summed E-state index contributed by atoms with van der Waals surface area (Å²) in [7, 11) is 0. The van der Waals surface area contributed by atoms with Gasteiger partial charge in [-0.3, -0.25) is 20.0 Å². The number of aliphatic imine (C=N–C) groups is 1. The Bertz CT molecular complexity index is 1430. The van der Waals surface area contributed by atoms with E-state index in [2.05, 4.69) is 80.7 Å². The Balaban J connectivity index is 1.48. The first-order valence-corrected chi connectivity index (χ1v) is 16.7. The molecule has 8 nitrogen and oxygen atoms in total. The van der Waals surface area contributed by atoms with Crippen LogP contribution in [-0.4, -0.2) is 39.8 Å². The molecule has 0 bridgehead atoms. The van der Waals surface area contributed by atoms with Crippen molar-refractivity contribution < 1.29 is 9.59 Å². The van der Waals surface area contributed by atoms with Crippen LogP contribution in [0.5, 0.6) is 0 Å². The van der Waals surface area contributed by atoms with Crippen molar-refractivity contribution in [3.63, 3.8) is 0 Å². The zero-order valence-corrected chi connectivity index (χ0v) is 28.1. The monoisotopic (exact) mass is 612 g/mol. The van der Waals surface area contributed by atoms with E-state index in [0.717, 1.165) is 67.5 Å². The van der Waals surface area contributed by atoms with Crippen LogP contribution < -0.4 is 16.5 Å². The van der Waals surface area contributed by atoms with Gasteiger partial charge >= 0.3 is 0 Å². The van der Waals surface area contributed by atoms with Crippen molar-refractivity contribution in [1.82, 2.24) is 21.4 Å². The predicted octanol–water partition coefficient (Wildman–Crippen LogP) is 7.01. The Morgan fingerprint density at radius 2 is 1.89 bits per heavy atom. The van der Waals surface area contributed by atoms with Gasteiger partial charge in [0.1, 0.15) is 17.2 Å². The summed E-state index contributed by atoms with van der Waals surface area (Å²) in [4.78, 5) is 35.4. The van der Waals surface area contributed by atoms with Gasteiger partial charge in [0.15, 0.2) is 5.78 Å². The molecule has 2 aliphatic heterocycles. The third-order valence-electron chi connectivity index (χ3n) is 10.1. The van der Waals surface area contributed by atoms with E-state index in [1.165, 1.54) is 5.57 Å². The predicted molar refractivity (Wildman–Crippen MR) is 183 cm³/mol. The maximum Gasteiger partial charge on any atom is 0.275 e. The molecule has 8 heteroatoms. The first-order chi connectivity index (χ1) is 21.3. The fourth-order valence-electron chi connectivity index (χ4n) is 7.29. The van der Waals surface area contributed by atoms with Gasteiger partial charge in [0.25, 0.3) is 5.91 Å². The van der Waals surface area contributed by atoms with Crippen molar-refractivity contribution in [1.29, 1.82) is 0 Å². The molecule has 0 aromatic heterocycles. The summed E-state index contributed by atoms with van der Waals surface area (Å²) < 4.78 is 0. The zero-order valence-electron chi connectivity index (χ0n) is 28.1. The molecule has 5 rings (SSSR count). The molecule has 1 spiro atoms. The number of rotatable bonds is 10. The Morgan fingerprint density at radius 1 is 1.13 bits per heavy atom. The van der Waals surface area contributed by atoms with Gasteiger partial charge in [0, 0.05) is 18.4 Å². The molecule has 1 fully saturated rings. The fourth-order valence-corrected chi connectivity index (χ4v) is 7.29. The second kappa shape index (κ2) is 13.1. The Hall–Kier alpha value is -3.52. The highest BCUT2D eigenvalue weighted by Crippen LogP contribution is 2.49. The number of benzene rings is 1. The maximum atomic E-state index is 14.7. The van der Waals surface area contributed by atoms with Crippen LogP contribution in [0.3, 0.4) is 0 Å². The molecule has 0 radical (unpaired) electrons. The van der Waals surface area contributed by atoms with Gasteiger partial charge in [-0.25, -0.2) is 5.53 Å². The summed E-state index contributed by atoms with van der Waals surface area (Å²) >= 11 is 0. The Morgan fingerprint density at radius 3 is 2.49 bits per heavy atom. The van der Waals surface area contributed by atoms with Crippen LogP contribution >= 0.6 is 0 Å². The van der Waals surface area contributed by atoms with Crippen molar-refractivity contribution >= 4 is 29.3 Å². The largest absolute Gasteiger partial charge is 0.306 e. The number of ketones is 1. The average molecular weight is 613 g/mol. The quantitative estimate of drug-likeness (QED) is 0.264. The number of hydrazine groups is 2. The van der Waals surface area contributed by atoms with E-state index in [0.29, 0.717) is 30.9 Å². The molecule has 3 N–H and O–H groups in total. The molecule has 1 saturated carbocycles. The van der Waals surface area contributed by atoms with Crippen LogP contribution in [0.2, 0.25) is 0 Å². The normalized spacial score (nSPS) is 24.4. The number of hydrogen-bond acceptors (Lipinski definition) is 7. The summed E-state index contributed by atoms with van der Waals surface area (Å²) in [5, 5.41) is 4.08. The third kappa shape index (κ3) is 7.49. The van der Waals surface area contributed by atoms with Crippen LogP contribution in [0.25, 0.3) is 6.08 Å². The number of allylic oxidation sites excluding steroid dienone is 3. The number of carbonyl (C=O) groups excluding carboxylic acids is 2. The lowest BCUT2D eigenvalue weighted by Crippen LogP contribution is -2.55. The Labute approximate surface area is 269 Å². The van der Waals surface area contributed by atoms with Gasteiger partial charge < -0.3 is 4.90 Å². The number of carbonyl (C=O) groups is 2. The summed E-state index contributed by atoms with van der Waals surface area (Å²) in [5.74, 6) is 1.50. The number of hydrogen-bond donors (Lipinski definition) is 3. The summed E-state index contributed by atoms with van der Waals surface area (Å²) in [6.07, 6.45) is 14.0. The minimum Gasteiger partial charge on any atom is -0.306 e. The van der Waals surface area contributed by atoms with Gasteiger partial charge in [-0.2, -0.15) is 0 Å². The van der Waals surface area contributed by atoms with Crippen LogP contribution in [0.4, 0.5) is 0 Å². The molecule has 1 aromatic rings. The summed E-state index contributed by atoms with van der Waals surface area (Å²) in [5.41, 5.74) is 12.6. The van der Waals surface area contributed by atoms with E-state index in [1.807, 2.05) is 36.4 Å². The molecule has 4 aliphatic rings. The number of nitrogens with one attached hydrogen (secondary N) is 3. The lowest BCUT2D eigenvalue weighted by Gasteiger charge is -2.48. The fraction of sp³-hybridized carbons (Fsp3) is 0.568. The van der Waals surface area contributed by atoms with Gasteiger partial charge in [-0.15, -0.1) is 10.6 Å². The molecule has 1 amide bonds. The van der Waals surface area contributed by atoms with Crippen molar-refractivity contribution in [2.75, 3.05) is 0 Å². The van der Waals surface area contributed by atoms with E-state index in [1.54, 1.807) is 0 Å². The number of Topliss-reactive ketones (excluding diaryl/α,β-unsaturated/α-hetero) is 1. The minimum atomic E-state index is -0.557. The van der Waals surface area contributed by atoms with E-state index in [4.69, 9.17) is 4.99 Å². The van der Waals surface area contributed by atoms with E-state index in [9.17, 15) is 9.59 Å². The average Bonchev–Trinajstić information content (AvgIpc) is 3.62. The zero-order chi connectivity index (χ0) is 32.4. The van der Waals surface area contributed by atoms with E-state index < -0.39 is 5.66 Å².